The number of aromatic nitrogens is 2. The van der Waals surface area contributed by atoms with Gasteiger partial charge < -0.3 is 29.3 Å². The largest absolute Gasteiger partial charge is 0.481 e. The highest BCUT2D eigenvalue weighted by Crippen LogP contribution is 2.37. The normalized spacial score (nSPS) is 13.9. The van der Waals surface area contributed by atoms with Gasteiger partial charge in [-0.25, -0.2) is 0 Å². The van der Waals surface area contributed by atoms with Crippen molar-refractivity contribution in [3.63, 3.8) is 0 Å². The first-order chi connectivity index (χ1) is 18.9. The molecule has 2 heterocycles. The van der Waals surface area contributed by atoms with E-state index in [2.05, 4.69) is 54.1 Å². The van der Waals surface area contributed by atoms with Crippen molar-refractivity contribution in [2.45, 2.75) is 19.3 Å². The van der Waals surface area contributed by atoms with Crippen LogP contribution >= 0.6 is 31.9 Å². The molecule has 0 bridgehead atoms. The van der Waals surface area contributed by atoms with Gasteiger partial charge in [0, 0.05) is 31.7 Å². The molecule has 0 aliphatic carbocycles. The van der Waals surface area contributed by atoms with Crippen molar-refractivity contribution in [3.05, 3.63) is 62.9 Å². The minimum Gasteiger partial charge on any atom is -0.481 e. The van der Waals surface area contributed by atoms with Crippen LogP contribution in [0.4, 0.5) is 0 Å². The van der Waals surface area contributed by atoms with Crippen molar-refractivity contribution in [2.24, 2.45) is 5.92 Å². The Kier molecular flexibility index (Phi) is 10.5. The fourth-order valence-electron chi connectivity index (χ4n) is 4.51. The van der Waals surface area contributed by atoms with E-state index in [4.69, 9.17) is 19.5 Å². The summed E-state index contributed by atoms with van der Waals surface area (Å²) in [4.78, 5) is 32.8. The van der Waals surface area contributed by atoms with Crippen molar-refractivity contribution in [2.75, 3.05) is 46.0 Å². The summed E-state index contributed by atoms with van der Waals surface area (Å²) >= 11 is 6.90. The van der Waals surface area contributed by atoms with Crippen LogP contribution in [0.3, 0.4) is 0 Å². The number of ether oxygens (including phenoxy) is 1. The Hall–Kier alpha value is -2.80. The highest BCUT2D eigenvalue weighted by molar-refractivity contribution is 9.11. The van der Waals surface area contributed by atoms with Crippen molar-refractivity contribution < 1.29 is 29.1 Å². The van der Waals surface area contributed by atoms with Gasteiger partial charge in [0.2, 0.25) is 5.82 Å². The first-order valence-electron chi connectivity index (χ1n) is 12.7. The van der Waals surface area contributed by atoms with Gasteiger partial charge in [-0.1, -0.05) is 35.5 Å². The van der Waals surface area contributed by atoms with E-state index in [1.54, 1.807) is 17.0 Å². The van der Waals surface area contributed by atoms with Crippen LogP contribution in [-0.2, 0) is 11.2 Å². The number of piperidine rings is 1. The number of rotatable bonds is 11. The molecule has 4 rings (SSSR count). The van der Waals surface area contributed by atoms with Crippen molar-refractivity contribution >= 4 is 43.7 Å². The smallest absolute Gasteiger partial charge is 0.316 e. The van der Waals surface area contributed by atoms with Gasteiger partial charge in [0.15, 0.2) is 6.61 Å². The SMILES string of the molecule is O=C(COc1c(Br)cc(-c2noc(C(=O)N3CCC(Cc4ccccc4)CC3)n2)cc1Br)N(CCO)CCO. The van der Waals surface area contributed by atoms with Crippen LogP contribution in [0.5, 0.6) is 5.75 Å². The van der Waals surface area contributed by atoms with Gasteiger partial charge in [-0.15, -0.1) is 0 Å². The molecule has 2 aromatic carbocycles. The molecule has 1 saturated heterocycles. The van der Waals surface area contributed by atoms with Crippen LogP contribution < -0.4 is 4.74 Å². The molecule has 39 heavy (non-hydrogen) atoms. The third-order valence-corrected chi connectivity index (χ3v) is 7.75. The van der Waals surface area contributed by atoms with Gasteiger partial charge in [-0.2, -0.15) is 4.98 Å². The number of hydrogen-bond donors (Lipinski definition) is 2. The second kappa shape index (κ2) is 14.0. The molecular weight excluding hydrogens is 636 g/mol. The number of aliphatic hydroxyl groups excluding tert-OH is 2. The lowest BCUT2D eigenvalue weighted by Gasteiger charge is -2.31. The number of hydrogen-bond acceptors (Lipinski definition) is 8. The lowest BCUT2D eigenvalue weighted by molar-refractivity contribution is -0.134. The number of carbonyl (C=O) groups is 2. The average Bonchev–Trinajstić information content (AvgIpc) is 3.43. The number of likely N-dealkylation sites (tertiary alicyclic amines) is 1. The van der Waals surface area contributed by atoms with E-state index in [1.165, 1.54) is 10.5 Å². The number of halogens is 2. The molecule has 1 aliphatic rings. The van der Waals surface area contributed by atoms with E-state index < -0.39 is 0 Å². The maximum absolute atomic E-state index is 13.0. The third-order valence-electron chi connectivity index (χ3n) is 6.57. The summed E-state index contributed by atoms with van der Waals surface area (Å²) in [7, 11) is 0. The Morgan fingerprint density at radius 3 is 2.31 bits per heavy atom. The zero-order chi connectivity index (χ0) is 27.8. The van der Waals surface area contributed by atoms with E-state index in [9.17, 15) is 9.59 Å². The highest BCUT2D eigenvalue weighted by atomic mass is 79.9. The van der Waals surface area contributed by atoms with Gasteiger partial charge in [-0.05, 0) is 74.7 Å². The molecule has 12 heteroatoms. The number of carbonyl (C=O) groups excluding carboxylic acids is 2. The Balaban J connectivity index is 1.36. The second-order valence-corrected chi connectivity index (χ2v) is 10.9. The van der Waals surface area contributed by atoms with Crippen molar-refractivity contribution in [1.82, 2.24) is 19.9 Å². The van der Waals surface area contributed by atoms with Crippen LogP contribution in [0.25, 0.3) is 11.4 Å². The molecule has 0 unspecified atom stereocenters. The number of nitrogens with zero attached hydrogens (tertiary/aromatic N) is 4. The van der Waals surface area contributed by atoms with E-state index in [-0.39, 0.29) is 56.4 Å². The molecule has 208 valence electrons. The molecule has 0 spiro atoms. The quantitative estimate of drug-likeness (QED) is 0.318. The van der Waals surface area contributed by atoms with Crippen LogP contribution in [0.1, 0.15) is 29.1 Å². The summed E-state index contributed by atoms with van der Waals surface area (Å²) in [5, 5.41) is 22.2. The minimum absolute atomic E-state index is 0.0578. The van der Waals surface area contributed by atoms with Crippen molar-refractivity contribution in [3.8, 4) is 17.1 Å². The number of benzene rings is 2. The zero-order valence-electron chi connectivity index (χ0n) is 21.3. The summed E-state index contributed by atoms with van der Waals surface area (Å²) in [5.74, 6) is 0.465. The predicted molar refractivity (Wildman–Crippen MR) is 150 cm³/mol. The molecule has 1 fully saturated rings. The monoisotopic (exact) mass is 664 g/mol. The first-order valence-corrected chi connectivity index (χ1v) is 14.3. The first kappa shape index (κ1) is 29.2. The van der Waals surface area contributed by atoms with Crippen molar-refractivity contribution in [1.29, 1.82) is 0 Å². The van der Waals surface area contributed by atoms with Gasteiger partial charge in [-0.3, -0.25) is 9.59 Å². The molecular formula is C27H30Br2N4O6. The molecule has 0 atom stereocenters. The number of amides is 2. The summed E-state index contributed by atoms with van der Waals surface area (Å²) < 4.78 is 12.1. The molecule has 1 aliphatic heterocycles. The van der Waals surface area contributed by atoms with Gasteiger partial charge in [0.1, 0.15) is 5.75 Å². The molecule has 2 N–H and O–H groups in total. The molecule has 3 aromatic rings. The van der Waals surface area contributed by atoms with E-state index in [1.807, 2.05) is 18.2 Å². The van der Waals surface area contributed by atoms with E-state index in [0.29, 0.717) is 39.3 Å². The lowest BCUT2D eigenvalue weighted by Crippen LogP contribution is -2.39. The molecule has 0 saturated carbocycles. The zero-order valence-corrected chi connectivity index (χ0v) is 24.4. The molecule has 0 radical (unpaired) electrons. The Bertz CT molecular complexity index is 1240. The molecule has 10 nitrogen and oxygen atoms in total. The van der Waals surface area contributed by atoms with E-state index >= 15 is 0 Å². The second-order valence-electron chi connectivity index (χ2n) is 9.23. The standard InChI is InChI=1S/C27H30Br2N4O6/c28-21-15-20(16-22(29)24(21)38-17-23(36)32(10-12-34)11-13-35)25-30-26(39-31-25)27(37)33-8-6-19(7-9-33)14-18-4-2-1-3-5-18/h1-5,15-16,19,34-35H,6-14,17H2. The summed E-state index contributed by atoms with van der Waals surface area (Å²) in [6, 6.07) is 13.8. The topological polar surface area (TPSA) is 129 Å². The number of aliphatic hydroxyl groups is 2. The predicted octanol–water partition coefficient (Wildman–Crippen LogP) is 3.55. The van der Waals surface area contributed by atoms with Gasteiger partial charge in [0.05, 0.1) is 22.2 Å². The summed E-state index contributed by atoms with van der Waals surface area (Å²) in [5.41, 5.74) is 1.90. The van der Waals surface area contributed by atoms with Gasteiger partial charge in [0.25, 0.3) is 5.91 Å². The van der Waals surface area contributed by atoms with E-state index in [0.717, 1.165) is 19.3 Å². The Morgan fingerprint density at radius 2 is 1.69 bits per heavy atom. The average molecular weight is 666 g/mol. The lowest BCUT2D eigenvalue weighted by atomic mass is 9.90. The van der Waals surface area contributed by atoms with Crippen LogP contribution in [0.2, 0.25) is 0 Å². The van der Waals surface area contributed by atoms with Gasteiger partial charge >= 0.3 is 11.8 Å². The third kappa shape index (κ3) is 7.65. The Morgan fingerprint density at radius 1 is 1.05 bits per heavy atom. The summed E-state index contributed by atoms with van der Waals surface area (Å²) in [6.07, 6.45) is 2.85. The fraction of sp³-hybridized carbons (Fsp3) is 0.407. The minimum atomic E-state index is -0.369. The van der Waals surface area contributed by atoms with Crippen LogP contribution in [0.15, 0.2) is 55.9 Å². The Labute approximate surface area is 243 Å². The molecule has 1 aromatic heterocycles. The highest BCUT2D eigenvalue weighted by Gasteiger charge is 2.28. The molecule has 2 amide bonds. The maximum Gasteiger partial charge on any atom is 0.316 e. The van der Waals surface area contributed by atoms with Crippen LogP contribution in [0, 0.1) is 5.92 Å². The maximum atomic E-state index is 13.0. The fourth-order valence-corrected chi connectivity index (χ4v) is 5.92. The summed E-state index contributed by atoms with van der Waals surface area (Å²) in [6.45, 7) is 0.793. The van der Waals surface area contributed by atoms with Crippen LogP contribution in [-0.4, -0.2) is 88.0 Å².